The van der Waals surface area contributed by atoms with Crippen molar-refractivity contribution < 1.29 is 23.8 Å². The van der Waals surface area contributed by atoms with Crippen LogP contribution >= 0.6 is 7.52 Å². The molecule has 1 unspecified atom stereocenters. The van der Waals surface area contributed by atoms with Crippen LogP contribution in [0.25, 0.3) is 0 Å². The smallest absolute Gasteiger partial charge is 0.303 e. The molecule has 1 heterocycles. The van der Waals surface area contributed by atoms with Gasteiger partial charge in [-0.25, -0.2) is 10.2 Å². The second-order valence-corrected chi connectivity index (χ2v) is 8.79. The third kappa shape index (κ3) is 3.77. The number of fused-ring (bicyclic) bond motifs is 1. The number of anilines is 1. The number of carbonyl (C=O) groups is 1. The quantitative estimate of drug-likeness (QED) is 0.292. The Balaban J connectivity index is 2.09. The van der Waals surface area contributed by atoms with Gasteiger partial charge in [-0.05, 0) is 60.9 Å². The highest BCUT2D eigenvalue weighted by molar-refractivity contribution is 7.64. The van der Waals surface area contributed by atoms with Crippen molar-refractivity contribution in [1.82, 2.24) is 10.2 Å². The van der Waals surface area contributed by atoms with Crippen LogP contribution in [0.4, 0.5) is 5.69 Å². The minimum atomic E-state index is -3.61. The predicted molar refractivity (Wildman–Crippen MR) is 106 cm³/mol. The van der Waals surface area contributed by atoms with Crippen molar-refractivity contribution in [2.45, 2.75) is 25.9 Å². The largest absolute Gasteiger partial charge is 0.497 e. The molecule has 0 spiro atoms. The first kappa shape index (κ1) is 20.4. The van der Waals surface area contributed by atoms with E-state index in [1.807, 2.05) is 6.07 Å². The lowest BCUT2D eigenvalue weighted by atomic mass is 9.95. The predicted octanol–water partition coefficient (Wildman–Crippen LogP) is 2.06. The minimum Gasteiger partial charge on any atom is -0.497 e. The number of methoxy groups -OCH3 is 1. The molecule has 1 amide bonds. The molecule has 0 bridgehead atoms. The van der Waals surface area contributed by atoms with Crippen molar-refractivity contribution in [3.8, 4) is 5.75 Å². The minimum absolute atomic E-state index is 0.192. The van der Waals surface area contributed by atoms with E-state index in [-0.39, 0.29) is 19.6 Å². The molecule has 0 saturated carbocycles. The van der Waals surface area contributed by atoms with Gasteiger partial charge in [0.15, 0.2) is 0 Å². The zero-order valence-corrected chi connectivity index (χ0v) is 16.7. The van der Waals surface area contributed by atoms with Gasteiger partial charge < -0.3 is 15.0 Å². The molecular weight excluding hydrogens is 381 g/mol. The summed E-state index contributed by atoms with van der Waals surface area (Å²) < 4.78 is 26.5. The van der Waals surface area contributed by atoms with Crippen LogP contribution in [0.3, 0.4) is 0 Å². The first-order chi connectivity index (χ1) is 13.4. The molecule has 1 aliphatic heterocycles. The summed E-state index contributed by atoms with van der Waals surface area (Å²) in [5.74, 6) is -0.0240. The van der Waals surface area contributed by atoms with E-state index in [4.69, 9.17) is 15.0 Å². The fourth-order valence-electron chi connectivity index (χ4n) is 3.41. The Bertz CT molecular complexity index is 903. The summed E-state index contributed by atoms with van der Waals surface area (Å²) >= 11 is 0. The third-order valence-corrected chi connectivity index (χ3v) is 7.45. The topological polar surface area (TPSA) is 114 Å². The number of nitrogens with one attached hydrogen (secondary N) is 1. The summed E-state index contributed by atoms with van der Waals surface area (Å²) in [6.45, 7) is 2.13. The zero-order valence-electron chi connectivity index (χ0n) is 15.8. The lowest BCUT2D eigenvalue weighted by Gasteiger charge is -2.39. The van der Waals surface area contributed by atoms with Crippen molar-refractivity contribution in [2.24, 2.45) is 0 Å². The van der Waals surface area contributed by atoms with E-state index in [9.17, 15) is 14.6 Å². The number of nitrogen functional groups attached to an aromatic ring is 1. The maximum absolute atomic E-state index is 14.1. The maximum Gasteiger partial charge on any atom is 0.303 e. The van der Waals surface area contributed by atoms with Crippen LogP contribution in [-0.4, -0.2) is 35.5 Å². The summed E-state index contributed by atoms with van der Waals surface area (Å²) in [5.41, 5.74) is 9.96. The molecular formula is C19H24N3O5P. The van der Waals surface area contributed by atoms with E-state index in [1.54, 1.807) is 55.9 Å². The van der Waals surface area contributed by atoms with Gasteiger partial charge in [-0.3, -0.25) is 14.6 Å². The average molecular weight is 405 g/mol. The molecule has 0 fully saturated rings. The number of ether oxygens (including phenoxy) is 1. The SMILES string of the molecule is CCOP(=O)(c1ccc(OC)cc1)N1Cc2cc(N)ccc2C[C@@H]1C(=O)NO. The van der Waals surface area contributed by atoms with Crippen LogP contribution in [-0.2, 0) is 26.8 Å². The lowest BCUT2D eigenvalue weighted by molar-refractivity contribution is -0.133. The van der Waals surface area contributed by atoms with Crippen LogP contribution in [0.15, 0.2) is 42.5 Å². The van der Waals surface area contributed by atoms with Gasteiger partial charge in [0.05, 0.1) is 19.0 Å². The molecule has 1 aliphatic rings. The Morgan fingerprint density at radius 1 is 1.29 bits per heavy atom. The molecule has 0 saturated heterocycles. The van der Waals surface area contributed by atoms with E-state index >= 15 is 0 Å². The number of nitrogens with two attached hydrogens (primary N) is 1. The van der Waals surface area contributed by atoms with E-state index in [2.05, 4.69) is 0 Å². The van der Waals surface area contributed by atoms with Crippen LogP contribution in [0, 0.1) is 0 Å². The Labute approximate surface area is 163 Å². The van der Waals surface area contributed by atoms with Crippen molar-refractivity contribution in [3.05, 3.63) is 53.6 Å². The van der Waals surface area contributed by atoms with Crippen LogP contribution in [0.2, 0.25) is 0 Å². The Kier molecular flexibility index (Phi) is 6.05. The number of hydroxylamine groups is 1. The fourth-order valence-corrected chi connectivity index (χ4v) is 5.77. The molecule has 9 heteroatoms. The van der Waals surface area contributed by atoms with Gasteiger partial charge in [-0.1, -0.05) is 6.07 Å². The van der Waals surface area contributed by atoms with Crippen molar-refractivity contribution in [2.75, 3.05) is 19.5 Å². The number of hydrogen-bond donors (Lipinski definition) is 3. The molecule has 0 aliphatic carbocycles. The molecule has 0 aromatic heterocycles. The van der Waals surface area contributed by atoms with E-state index in [0.29, 0.717) is 16.7 Å². The van der Waals surface area contributed by atoms with Crippen molar-refractivity contribution in [1.29, 1.82) is 0 Å². The first-order valence-corrected chi connectivity index (χ1v) is 10.5. The van der Waals surface area contributed by atoms with Crippen molar-refractivity contribution >= 4 is 24.4 Å². The molecule has 2 aromatic rings. The lowest BCUT2D eigenvalue weighted by Crippen LogP contribution is -2.49. The standard InChI is InChI=1S/C19H24N3O5P/c1-3-27-28(25,17-8-6-16(26-2)7-9-17)22-12-14-10-15(20)5-4-13(14)11-18(22)19(23)21-24/h4-10,18,24H,3,11-12,20H2,1-2H3,(H,21,23)/t18-,28?/m1/s1. The number of nitrogens with zero attached hydrogens (tertiary/aromatic N) is 1. The summed E-state index contributed by atoms with van der Waals surface area (Å²) in [6.07, 6.45) is 0.273. The molecule has 2 aromatic carbocycles. The molecule has 4 N–H and O–H groups in total. The van der Waals surface area contributed by atoms with Gasteiger partial charge in [-0.2, -0.15) is 0 Å². The van der Waals surface area contributed by atoms with Gasteiger partial charge in [0, 0.05) is 12.2 Å². The Hall–Kier alpha value is -2.38. The number of amides is 1. The molecule has 150 valence electrons. The highest BCUT2D eigenvalue weighted by atomic mass is 31.2. The second kappa shape index (κ2) is 8.32. The van der Waals surface area contributed by atoms with Crippen LogP contribution in [0.5, 0.6) is 5.75 Å². The summed E-state index contributed by atoms with van der Waals surface area (Å²) in [7, 11) is -2.06. The number of rotatable bonds is 6. The summed E-state index contributed by atoms with van der Waals surface area (Å²) in [5, 5.41) is 9.68. The Morgan fingerprint density at radius 2 is 2.00 bits per heavy atom. The van der Waals surface area contributed by atoms with Crippen molar-refractivity contribution in [3.63, 3.8) is 0 Å². The van der Waals surface area contributed by atoms with Gasteiger partial charge in [0.25, 0.3) is 5.91 Å². The van der Waals surface area contributed by atoms with E-state index in [0.717, 1.165) is 11.1 Å². The molecule has 8 nitrogen and oxygen atoms in total. The normalized spacial score (nSPS) is 18.8. The molecule has 2 atom stereocenters. The molecule has 0 radical (unpaired) electrons. The molecule has 28 heavy (non-hydrogen) atoms. The number of hydrogen-bond acceptors (Lipinski definition) is 6. The van der Waals surface area contributed by atoms with Gasteiger partial charge in [-0.15, -0.1) is 0 Å². The van der Waals surface area contributed by atoms with Crippen LogP contribution in [0.1, 0.15) is 18.1 Å². The molecule has 3 rings (SSSR count). The van der Waals surface area contributed by atoms with Gasteiger partial charge in [0.1, 0.15) is 11.8 Å². The monoisotopic (exact) mass is 405 g/mol. The van der Waals surface area contributed by atoms with E-state index in [1.165, 1.54) is 4.67 Å². The average Bonchev–Trinajstić information content (AvgIpc) is 2.72. The van der Waals surface area contributed by atoms with Gasteiger partial charge in [0.2, 0.25) is 0 Å². The number of benzene rings is 2. The first-order valence-electron chi connectivity index (χ1n) is 8.90. The second-order valence-electron chi connectivity index (χ2n) is 6.46. The van der Waals surface area contributed by atoms with Crippen LogP contribution < -0.4 is 21.3 Å². The number of carbonyl (C=O) groups excluding carboxylic acids is 1. The maximum atomic E-state index is 14.1. The third-order valence-electron chi connectivity index (χ3n) is 4.79. The Morgan fingerprint density at radius 3 is 2.61 bits per heavy atom. The summed E-state index contributed by atoms with van der Waals surface area (Å²) in [6, 6.07) is 11.3. The fraction of sp³-hybridized carbons (Fsp3) is 0.316. The highest BCUT2D eigenvalue weighted by Crippen LogP contribution is 2.53. The van der Waals surface area contributed by atoms with E-state index < -0.39 is 19.5 Å². The summed E-state index contributed by atoms with van der Waals surface area (Å²) in [4.78, 5) is 12.4. The van der Waals surface area contributed by atoms with Gasteiger partial charge >= 0.3 is 7.52 Å². The highest BCUT2D eigenvalue weighted by Gasteiger charge is 2.44. The zero-order chi connectivity index (χ0) is 20.3.